The Morgan fingerprint density at radius 3 is 2.80 bits per heavy atom. The largest absolute Gasteiger partial charge is 0.370 e. The van der Waals surface area contributed by atoms with Crippen LogP contribution in [0.5, 0.6) is 0 Å². The summed E-state index contributed by atoms with van der Waals surface area (Å²) in [6.45, 7) is 0.792. The van der Waals surface area contributed by atoms with Gasteiger partial charge in [0, 0.05) is 6.61 Å². The molecule has 0 spiro atoms. The highest BCUT2D eigenvalue weighted by Crippen LogP contribution is 2.16. The molecule has 1 unspecified atom stereocenters. The molecule has 1 aliphatic heterocycles. The molecule has 1 aliphatic rings. The molecule has 0 bridgehead atoms. The van der Waals surface area contributed by atoms with Gasteiger partial charge in [-0.05, 0) is 25.0 Å². The molecule has 80 valence electrons. The Labute approximate surface area is 89.1 Å². The van der Waals surface area contributed by atoms with Crippen molar-refractivity contribution in [3.8, 4) is 0 Å². The third kappa shape index (κ3) is 2.55. The molecule has 1 aromatic rings. The van der Waals surface area contributed by atoms with E-state index in [1.807, 2.05) is 30.3 Å². The van der Waals surface area contributed by atoms with Gasteiger partial charge in [0.2, 0.25) is 0 Å². The van der Waals surface area contributed by atoms with Gasteiger partial charge in [-0.25, -0.2) is 10.8 Å². The van der Waals surface area contributed by atoms with E-state index < -0.39 is 0 Å². The van der Waals surface area contributed by atoms with Crippen LogP contribution in [0.15, 0.2) is 35.3 Å². The van der Waals surface area contributed by atoms with E-state index >= 15 is 0 Å². The Morgan fingerprint density at radius 1 is 1.40 bits per heavy atom. The van der Waals surface area contributed by atoms with Crippen LogP contribution in [-0.4, -0.2) is 18.5 Å². The zero-order chi connectivity index (χ0) is 10.5. The quantitative estimate of drug-likeness (QED) is 0.332. The zero-order valence-corrected chi connectivity index (χ0v) is 8.52. The molecule has 0 amide bonds. The first-order valence-electron chi connectivity index (χ1n) is 5.12. The van der Waals surface area contributed by atoms with E-state index in [9.17, 15) is 0 Å². The SMILES string of the molecule is NNC(=Nc1ccccc1)C1CCCO1. The molecule has 1 atom stereocenters. The van der Waals surface area contributed by atoms with Crippen LogP contribution >= 0.6 is 0 Å². The summed E-state index contributed by atoms with van der Waals surface area (Å²) >= 11 is 0. The second kappa shape index (κ2) is 4.91. The number of hydrogen-bond acceptors (Lipinski definition) is 3. The van der Waals surface area contributed by atoms with E-state index in [1.165, 1.54) is 0 Å². The predicted octanol–water partition coefficient (Wildman–Crippen LogP) is 1.36. The average Bonchev–Trinajstić information content (AvgIpc) is 2.81. The summed E-state index contributed by atoms with van der Waals surface area (Å²) in [5.41, 5.74) is 3.51. The number of ether oxygens (including phenoxy) is 1. The molecule has 0 aromatic heterocycles. The van der Waals surface area contributed by atoms with Crippen molar-refractivity contribution in [3.05, 3.63) is 30.3 Å². The molecule has 4 heteroatoms. The van der Waals surface area contributed by atoms with Gasteiger partial charge in [0.1, 0.15) is 11.9 Å². The van der Waals surface area contributed by atoms with Crippen LogP contribution < -0.4 is 11.3 Å². The predicted molar refractivity (Wildman–Crippen MR) is 59.8 cm³/mol. The summed E-state index contributed by atoms with van der Waals surface area (Å²) in [6, 6.07) is 9.73. The van der Waals surface area contributed by atoms with Gasteiger partial charge in [0.05, 0.1) is 5.69 Å². The van der Waals surface area contributed by atoms with Gasteiger partial charge in [-0.15, -0.1) is 0 Å². The number of nitrogens with two attached hydrogens (primary N) is 1. The molecule has 0 radical (unpaired) electrons. The number of hydrazine groups is 1. The van der Waals surface area contributed by atoms with E-state index in [1.54, 1.807) is 0 Å². The fraction of sp³-hybridized carbons (Fsp3) is 0.364. The molecule has 1 saturated heterocycles. The van der Waals surface area contributed by atoms with Gasteiger partial charge in [-0.3, -0.25) is 0 Å². The standard InChI is InChI=1S/C11H15N3O/c12-14-11(10-7-4-8-15-10)13-9-5-2-1-3-6-9/h1-3,5-6,10H,4,7-8,12H2,(H,13,14). The minimum absolute atomic E-state index is 0.0233. The van der Waals surface area contributed by atoms with Gasteiger partial charge in [0.25, 0.3) is 0 Å². The number of nitrogens with zero attached hydrogens (tertiary/aromatic N) is 1. The van der Waals surface area contributed by atoms with Crippen LogP contribution in [-0.2, 0) is 4.74 Å². The molecular formula is C11H15N3O. The summed E-state index contributed by atoms with van der Waals surface area (Å²) in [5, 5.41) is 0. The lowest BCUT2D eigenvalue weighted by Gasteiger charge is -2.12. The van der Waals surface area contributed by atoms with Gasteiger partial charge < -0.3 is 10.2 Å². The summed E-state index contributed by atoms with van der Waals surface area (Å²) in [6.07, 6.45) is 2.07. The first kappa shape index (κ1) is 10.1. The van der Waals surface area contributed by atoms with Crippen LogP contribution in [0.25, 0.3) is 0 Å². The molecule has 1 heterocycles. The molecule has 0 aliphatic carbocycles. The third-order valence-corrected chi connectivity index (χ3v) is 2.39. The lowest BCUT2D eigenvalue weighted by atomic mass is 10.2. The fourth-order valence-corrected chi connectivity index (χ4v) is 1.63. The lowest BCUT2D eigenvalue weighted by molar-refractivity contribution is 0.156. The second-order valence-electron chi connectivity index (χ2n) is 3.48. The summed E-state index contributed by atoms with van der Waals surface area (Å²) in [7, 11) is 0. The second-order valence-corrected chi connectivity index (χ2v) is 3.48. The van der Waals surface area contributed by atoms with Crippen molar-refractivity contribution >= 4 is 11.5 Å². The molecule has 15 heavy (non-hydrogen) atoms. The van der Waals surface area contributed by atoms with Crippen molar-refractivity contribution in [2.75, 3.05) is 6.61 Å². The minimum atomic E-state index is 0.0233. The van der Waals surface area contributed by atoms with E-state index in [0.717, 1.165) is 25.1 Å². The number of hydrogen-bond donors (Lipinski definition) is 2. The van der Waals surface area contributed by atoms with Gasteiger partial charge in [-0.1, -0.05) is 18.2 Å². The van der Waals surface area contributed by atoms with E-state index in [4.69, 9.17) is 10.6 Å². The number of benzene rings is 1. The van der Waals surface area contributed by atoms with Crippen LogP contribution in [0.1, 0.15) is 12.8 Å². The maximum Gasteiger partial charge on any atom is 0.145 e. The first-order chi connectivity index (χ1) is 7.40. The van der Waals surface area contributed by atoms with E-state index in [0.29, 0.717) is 5.84 Å². The average molecular weight is 205 g/mol. The van der Waals surface area contributed by atoms with E-state index in [2.05, 4.69) is 10.4 Å². The van der Waals surface area contributed by atoms with Crippen molar-refractivity contribution in [2.45, 2.75) is 18.9 Å². The molecule has 1 fully saturated rings. The Morgan fingerprint density at radius 2 is 2.20 bits per heavy atom. The lowest BCUT2D eigenvalue weighted by Crippen LogP contribution is -2.38. The summed E-state index contributed by atoms with van der Waals surface area (Å²) in [4.78, 5) is 4.41. The van der Waals surface area contributed by atoms with Crippen molar-refractivity contribution < 1.29 is 4.74 Å². The third-order valence-electron chi connectivity index (χ3n) is 2.39. The summed E-state index contributed by atoms with van der Waals surface area (Å²) in [5.74, 6) is 6.15. The molecule has 2 rings (SSSR count). The maximum absolute atomic E-state index is 5.50. The Bertz CT molecular complexity index is 331. The highest BCUT2D eigenvalue weighted by atomic mass is 16.5. The Kier molecular flexibility index (Phi) is 3.32. The fourth-order valence-electron chi connectivity index (χ4n) is 1.63. The normalized spacial score (nSPS) is 21.7. The monoisotopic (exact) mass is 205 g/mol. The van der Waals surface area contributed by atoms with E-state index in [-0.39, 0.29) is 6.10 Å². The number of nitrogens with one attached hydrogen (secondary N) is 1. The van der Waals surface area contributed by atoms with Crippen molar-refractivity contribution in [2.24, 2.45) is 10.8 Å². The van der Waals surface area contributed by atoms with Gasteiger partial charge in [-0.2, -0.15) is 0 Å². The zero-order valence-electron chi connectivity index (χ0n) is 8.52. The van der Waals surface area contributed by atoms with Crippen LogP contribution in [0.2, 0.25) is 0 Å². The van der Waals surface area contributed by atoms with Gasteiger partial charge in [0.15, 0.2) is 0 Å². The summed E-state index contributed by atoms with van der Waals surface area (Å²) < 4.78 is 5.50. The number of rotatable bonds is 2. The van der Waals surface area contributed by atoms with Crippen LogP contribution in [0.3, 0.4) is 0 Å². The maximum atomic E-state index is 5.50. The first-order valence-corrected chi connectivity index (χ1v) is 5.12. The molecule has 1 aromatic carbocycles. The van der Waals surface area contributed by atoms with Crippen molar-refractivity contribution in [1.82, 2.24) is 5.43 Å². The van der Waals surface area contributed by atoms with Crippen LogP contribution in [0, 0.1) is 0 Å². The molecule has 4 nitrogen and oxygen atoms in total. The molecular weight excluding hydrogens is 190 g/mol. The number of amidine groups is 1. The molecule has 0 saturated carbocycles. The minimum Gasteiger partial charge on any atom is -0.370 e. The molecule has 3 N–H and O–H groups in total. The number of aliphatic imine (C=N–C) groups is 1. The van der Waals surface area contributed by atoms with Crippen molar-refractivity contribution in [1.29, 1.82) is 0 Å². The van der Waals surface area contributed by atoms with Gasteiger partial charge >= 0.3 is 0 Å². The van der Waals surface area contributed by atoms with Crippen LogP contribution in [0.4, 0.5) is 5.69 Å². The Hall–Kier alpha value is -1.39. The topological polar surface area (TPSA) is 59.6 Å². The Balaban J connectivity index is 2.15. The highest BCUT2D eigenvalue weighted by molar-refractivity contribution is 5.88. The number of para-hydroxylation sites is 1. The van der Waals surface area contributed by atoms with Crippen molar-refractivity contribution in [3.63, 3.8) is 0 Å². The smallest absolute Gasteiger partial charge is 0.145 e. The highest BCUT2D eigenvalue weighted by Gasteiger charge is 2.20.